The van der Waals surface area contributed by atoms with E-state index in [9.17, 15) is 23.4 Å². The van der Waals surface area contributed by atoms with E-state index in [1.807, 2.05) is 48.5 Å². The van der Waals surface area contributed by atoms with Crippen LogP contribution in [0.15, 0.2) is 77.7 Å². The number of sulfonamides is 1. The van der Waals surface area contributed by atoms with Crippen LogP contribution in [0.3, 0.4) is 0 Å². The number of carbonyl (C=O) groups excluding carboxylic acids is 1. The number of nitrogens with one attached hydrogen (secondary N) is 1. The molecule has 3 aromatic carbocycles. The average Bonchev–Trinajstić information content (AvgIpc) is 3.14. The number of aliphatic hydroxyl groups excluding tert-OH is 2. The van der Waals surface area contributed by atoms with E-state index in [0.29, 0.717) is 0 Å². The van der Waals surface area contributed by atoms with Gasteiger partial charge in [0.2, 0.25) is 10.0 Å². The summed E-state index contributed by atoms with van der Waals surface area (Å²) in [7, 11) is -3.95. The topological polar surface area (TPSA) is 139 Å². The Morgan fingerprint density at radius 1 is 0.970 bits per heavy atom. The molecule has 172 valence electrons. The highest BCUT2D eigenvalue weighted by atomic mass is 32.2. The maximum atomic E-state index is 12.3. The van der Waals surface area contributed by atoms with Gasteiger partial charge in [-0.1, -0.05) is 60.7 Å². The van der Waals surface area contributed by atoms with E-state index >= 15 is 0 Å². The summed E-state index contributed by atoms with van der Waals surface area (Å²) in [5.74, 6) is -0.0976. The minimum atomic E-state index is -3.95. The average molecular weight is 469 g/mol. The van der Waals surface area contributed by atoms with Crippen LogP contribution in [0.4, 0.5) is 4.79 Å². The van der Waals surface area contributed by atoms with Gasteiger partial charge in [0.15, 0.2) is 0 Å². The molecule has 3 aromatic rings. The molecule has 0 saturated carbocycles. The Bertz CT molecular complexity index is 1230. The van der Waals surface area contributed by atoms with Crippen molar-refractivity contribution in [3.63, 3.8) is 0 Å². The van der Waals surface area contributed by atoms with Crippen molar-refractivity contribution in [2.45, 2.75) is 23.0 Å². The van der Waals surface area contributed by atoms with E-state index < -0.39 is 28.3 Å². The number of ether oxygens (including phenoxy) is 1. The number of alkyl carbamates (subject to hydrolysis) is 1. The predicted octanol–water partition coefficient (Wildman–Crippen LogP) is 2.27. The molecule has 4 rings (SSSR count). The van der Waals surface area contributed by atoms with Crippen molar-refractivity contribution in [1.82, 2.24) is 5.32 Å². The molecule has 0 aliphatic heterocycles. The molecule has 2 atom stereocenters. The van der Waals surface area contributed by atoms with Gasteiger partial charge in [-0.2, -0.15) is 0 Å². The minimum absolute atomic E-state index is 0.0976. The van der Waals surface area contributed by atoms with Crippen molar-refractivity contribution in [1.29, 1.82) is 0 Å². The monoisotopic (exact) mass is 468 g/mol. The standard InChI is InChI=1S/C24H24N2O6S/c25-33(30,31)16-7-5-6-15(12-16)23(28)22(27)13-26-24(29)32-14-21-19-10-3-1-8-17(19)18-9-2-4-11-20(18)21/h1-12,21-23,27-28H,13-14H2,(H,26,29)(H2,25,30,31). The fourth-order valence-electron chi connectivity index (χ4n) is 4.05. The predicted molar refractivity (Wildman–Crippen MR) is 122 cm³/mol. The summed E-state index contributed by atoms with van der Waals surface area (Å²) in [5, 5.41) is 28.1. The third kappa shape index (κ3) is 4.91. The summed E-state index contributed by atoms with van der Waals surface area (Å²) in [5.41, 5.74) is 4.54. The minimum Gasteiger partial charge on any atom is -0.449 e. The van der Waals surface area contributed by atoms with Crippen molar-refractivity contribution in [2.75, 3.05) is 13.2 Å². The van der Waals surface area contributed by atoms with Crippen molar-refractivity contribution >= 4 is 16.1 Å². The van der Waals surface area contributed by atoms with Gasteiger partial charge in [-0.25, -0.2) is 18.4 Å². The molecular weight excluding hydrogens is 444 g/mol. The normalized spacial score (nSPS) is 14.8. The van der Waals surface area contributed by atoms with Gasteiger partial charge >= 0.3 is 6.09 Å². The number of hydrogen-bond donors (Lipinski definition) is 4. The quantitative estimate of drug-likeness (QED) is 0.420. The smallest absolute Gasteiger partial charge is 0.407 e. The van der Waals surface area contributed by atoms with Crippen LogP contribution in [0.5, 0.6) is 0 Å². The molecule has 0 spiro atoms. The summed E-state index contributed by atoms with van der Waals surface area (Å²) in [6.45, 7) is -0.174. The van der Waals surface area contributed by atoms with E-state index in [4.69, 9.17) is 9.88 Å². The Hall–Kier alpha value is -3.24. The first-order valence-corrected chi connectivity index (χ1v) is 11.9. The van der Waals surface area contributed by atoms with Gasteiger partial charge in [0.05, 0.1) is 4.90 Å². The van der Waals surface area contributed by atoms with Gasteiger partial charge in [0.25, 0.3) is 0 Å². The molecule has 0 fully saturated rings. The van der Waals surface area contributed by atoms with Gasteiger partial charge in [0, 0.05) is 12.5 Å². The molecule has 5 N–H and O–H groups in total. The van der Waals surface area contributed by atoms with Crippen LogP contribution in [0.1, 0.15) is 28.7 Å². The van der Waals surface area contributed by atoms with E-state index in [2.05, 4.69) is 5.32 Å². The van der Waals surface area contributed by atoms with Crippen LogP contribution in [0, 0.1) is 0 Å². The van der Waals surface area contributed by atoms with Gasteiger partial charge in [-0.05, 0) is 39.9 Å². The van der Waals surface area contributed by atoms with Gasteiger partial charge in [-0.3, -0.25) is 0 Å². The Balaban J connectivity index is 1.35. The van der Waals surface area contributed by atoms with E-state index in [1.165, 1.54) is 24.3 Å². The van der Waals surface area contributed by atoms with Crippen molar-refractivity contribution in [2.24, 2.45) is 5.14 Å². The van der Waals surface area contributed by atoms with Gasteiger partial charge < -0.3 is 20.3 Å². The number of benzene rings is 3. The van der Waals surface area contributed by atoms with Crippen LogP contribution >= 0.6 is 0 Å². The highest BCUT2D eigenvalue weighted by Gasteiger charge is 2.29. The summed E-state index contributed by atoms with van der Waals surface area (Å²) >= 11 is 0. The highest BCUT2D eigenvalue weighted by Crippen LogP contribution is 2.44. The Morgan fingerprint density at radius 2 is 1.58 bits per heavy atom. The first-order chi connectivity index (χ1) is 15.8. The molecule has 9 heteroatoms. The number of primary sulfonamides is 1. The maximum Gasteiger partial charge on any atom is 0.407 e. The maximum absolute atomic E-state index is 12.3. The fraction of sp³-hybridized carbons (Fsp3) is 0.208. The lowest BCUT2D eigenvalue weighted by Crippen LogP contribution is -2.36. The van der Waals surface area contributed by atoms with Crippen molar-refractivity contribution in [3.05, 3.63) is 89.5 Å². The first-order valence-electron chi connectivity index (χ1n) is 10.3. The lowest BCUT2D eigenvalue weighted by molar-refractivity contribution is 0.0184. The number of nitrogens with two attached hydrogens (primary N) is 1. The lowest BCUT2D eigenvalue weighted by atomic mass is 9.98. The molecule has 0 saturated heterocycles. The molecule has 33 heavy (non-hydrogen) atoms. The number of carbonyl (C=O) groups is 1. The van der Waals surface area contributed by atoms with Crippen LogP contribution in [0.2, 0.25) is 0 Å². The Labute approximate surface area is 191 Å². The van der Waals surface area contributed by atoms with Crippen molar-refractivity contribution in [3.8, 4) is 11.1 Å². The fourth-order valence-corrected chi connectivity index (χ4v) is 4.62. The Morgan fingerprint density at radius 3 is 2.18 bits per heavy atom. The van der Waals surface area contributed by atoms with Crippen LogP contribution in [-0.4, -0.2) is 44.0 Å². The van der Waals surface area contributed by atoms with Crippen molar-refractivity contribution < 1.29 is 28.2 Å². The van der Waals surface area contributed by atoms with Crippen LogP contribution in [0.25, 0.3) is 11.1 Å². The lowest BCUT2D eigenvalue weighted by Gasteiger charge is -2.19. The molecule has 1 amide bonds. The second-order valence-corrected chi connectivity index (χ2v) is 9.40. The molecule has 0 heterocycles. The zero-order valence-electron chi connectivity index (χ0n) is 17.6. The molecule has 1 aliphatic carbocycles. The molecular formula is C24H24N2O6S. The SMILES string of the molecule is NS(=O)(=O)c1cccc(C(O)C(O)CNC(=O)OCC2c3ccccc3-c3ccccc32)c1. The van der Waals surface area contributed by atoms with Gasteiger partial charge in [0.1, 0.15) is 18.8 Å². The zero-order valence-corrected chi connectivity index (χ0v) is 18.4. The van der Waals surface area contributed by atoms with E-state index in [1.54, 1.807) is 0 Å². The summed E-state index contributed by atoms with van der Waals surface area (Å²) in [6, 6.07) is 21.2. The second-order valence-electron chi connectivity index (χ2n) is 7.84. The molecule has 0 radical (unpaired) electrons. The molecule has 1 aliphatic rings. The second kappa shape index (κ2) is 9.32. The number of hydrogen-bond acceptors (Lipinski definition) is 6. The first kappa shape index (κ1) is 22.9. The zero-order chi connectivity index (χ0) is 23.6. The summed E-state index contributed by atoms with van der Waals surface area (Å²) in [4.78, 5) is 12.1. The third-order valence-electron chi connectivity index (χ3n) is 5.69. The largest absolute Gasteiger partial charge is 0.449 e. The number of aliphatic hydroxyl groups is 2. The number of rotatable bonds is 7. The van der Waals surface area contributed by atoms with Gasteiger partial charge in [-0.15, -0.1) is 0 Å². The number of amides is 1. The Kier molecular flexibility index (Phi) is 6.48. The van der Waals surface area contributed by atoms with Crippen LogP contribution in [-0.2, 0) is 14.8 Å². The number of fused-ring (bicyclic) bond motifs is 3. The summed E-state index contributed by atoms with van der Waals surface area (Å²) < 4.78 is 28.4. The molecule has 0 aromatic heterocycles. The third-order valence-corrected chi connectivity index (χ3v) is 6.60. The molecule has 0 bridgehead atoms. The molecule has 2 unspecified atom stereocenters. The van der Waals surface area contributed by atoms with E-state index in [0.717, 1.165) is 22.3 Å². The van der Waals surface area contributed by atoms with Crippen LogP contribution < -0.4 is 10.5 Å². The highest BCUT2D eigenvalue weighted by molar-refractivity contribution is 7.89. The van der Waals surface area contributed by atoms with E-state index in [-0.39, 0.29) is 29.5 Å². The summed E-state index contributed by atoms with van der Waals surface area (Å²) in [6.07, 6.45) is -3.55. The molecule has 8 nitrogen and oxygen atoms in total.